The number of ether oxygens (including phenoxy) is 1. The van der Waals surface area contributed by atoms with E-state index in [1.165, 1.54) is 30.3 Å². The molecule has 0 atom stereocenters. The standard InChI is InChI=1S/C19H14ClNO5/c1-2-25-18(23)11-8-6-10(7-9-11)15(21)14-16(22)12-4-3-5-13(20)17(12)26-19(14)24/h3-9,21-22H,2H2,1H3. The molecule has 2 aromatic carbocycles. The van der Waals surface area contributed by atoms with Crippen LogP contribution in [-0.2, 0) is 4.74 Å². The number of carbonyl (C=O) groups excluding carboxylic acids is 1. The minimum atomic E-state index is -0.873. The van der Waals surface area contributed by atoms with Crippen LogP contribution in [-0.4, -0.2) is 23.4 Å². The van der Waals surface area contributed by atoms with E-state index in [0.717, 1.165) is 0 Å². The first-order chi connectivity index (χ1) is 12.4. The molecule has 132 valence electrons. The third-order valence-electron chi connectivity index (χ3n) is 3.79. The van der Waals surface area contributed by atoms with Crippen LogP contribution < -0.4 is 5.63 Å². The molecule has 0 saturated carbocycles. The van der Waals surface area contributed by atoms with Crippen molar-refractivity contribution in [2.45, 2.75) is 6.92 Å². The van der Waals surface area contributed by atoms with Gasteiger partial charge in [-0.25, -0.2) is 9.59 Å². The Balaban J connectivity index is 2.05. The van der Waals surface area contributed by atoms with Crippen molar-refractivity contribution in [1.82, 2.24) is 0 Å². The number of halogens is 1. The van der Waals surface area contributed by atoms with Crippen molar-refractivity contribution in [2.75, 3.05) is 6.61 Å². The number of benzene rings is 2. The molecule has 0 radical (unpaired) electrons. The van der Waals surface area contributed by atoms with Gasteiger partial charge in [-0.05, 0) is 31.2 Å². The average molecular weight is 372 g/mol. The molecule has 1 heterocycles. The number of nitrogens with one attached hydrogen (secondary N) is 1. The summed E-state index contributed by atoms with van der Waals surface area (Å²) in [6.45, 7) is 1.96. The Morgan fingerprint density at radius 3 is 2.50 bits per heavy atom. The number of fused-ring (bicyclic) bond motifs is 1. The maximum Gasteiger partial charge on any atom is 0.349 e. The van der Waals surface area contributed by atoms with Crippen LogP contribution in [0.5, 0.6) is 5.75 Å². The second-order valence-electron chi connectivity index (χ2n) is 5.40. The lowest BCUT2D eigenvalue weighted by Crippen LogP contribution is -2.16. The van der Waals surface area contributed by atoms with E-state index >= 15 is 0 Å². The van der Waals surface area contributed by atoms with Gasteiger partial charge in [-0.15, -0.1) is 0 Å². The number of hydrogen-bond acceptors (Lipinski definition) is 6. The second-order valence-corrected chi connectivity index (χ2v) is 5.81. The fourth-order valence-corrected chi connectivity index (χ4v) is 2.74. The van der Waals surface area contributed by atoms with Crippen molar-refractivity contribution in [3.8, 4) is 5.75 Å². The van der Waals surface area contributed by atoms with Gasteiger partial charge in [0, 0.05) is 5.56 Å². The lowest BCUT2D eigenvalue weighted by atomic mass is 10.0. The van der Waals surface area contributed by atoms with Crippen LogP contribution >= 0.6 is 11.6 Å². The number of esters is 1. The molecule has 6 nitrogen and oxygen atoms in total. The van der Waals surface area contributed by atoms with E-state index in [2.05, 4.69) is 0 Å². The number of para-hydroxylation sites is 1. The minimum Gasteiger partial charge on any atom is -0.506 e. The van der Waals surface area contributed by atoms with Gasteiger partial charge in [0.15, 0.2) is 5.58 Å². The summed E-state index contributed by atoms with van der Waals surface area (Å²) < 4.78 is 10.1. The molecular weight excluding hydrogens is 358 g/mol. The first kappa shape index (κ1) is 17.7. The molecule has 3 rings (SSSR count). The molecule has 26 heavy (non-hydrogen) atoms. The van der Waals surface area contributed by atoms with Gasteiger partial charge in [-0.1, -0.05) is 29.8 Å². The van der Waals surface area contributed by atoms with Crippen molar-refractivity contribution in [3.05, 3.63) is 74.6 Å². The fourth-order valence-electron chi connectivity index (χ4n) is 2.53. The lowest BCUT2D eigenvalue weighted by Gasteiger charge is -2.09. The van der Waals surface area contributed by atoms with Gasteiger partial charge in [-0.3, -0.25) is 5.41 Å². The zero-order valence-electron chi connectivity index (χ0n) is 13.7. The molecule has 0 amide bonds. The highest BCUT2D eigenvalue weighted by atomic mass is 35.5. The van der Waals surface area contributed by atoms with Gasteiger partial charge >= 0.3 is 11.6 Å². The van der Waals surface area contributed by atoms with Crippen LogP contribution in [0.3, 0.4) is 0 Å². The fraction of sp³-hybridized carbons (Fsp3) is 0.105. The summed E-state index contributed by atoms with van der Waals surface area (Å²) in [4.78, 5) is 24.0. The SMILES string of the molecule is CCOC(=O)c1ccc(C(=N)c2c(O)c3cccc(Cl)c3oc2=O)cc1. The minimum absolute atomic E-state index is 0.0610. The summed E-state index contributed by atoms with van der Waals surface area (Å²) in [5.74, 6) is -0.855. The van der Waals surface area contributed by atoms with Crippen LogP contribution in [0.4, 0.5) is 0 Å². The number of aromatic hydroxyl groups is 1. The van der Waals surface area contributed by atoms with Crippen LogP contribution in [0.1, 0.15) is 28.4 Å². The van der Waals surface area contributed by atoms with Crippen LogP contribution in [0, 0.1) is 5.41 Å². The number of hydrogen-bond donors (Lipinski definition) is 2. The van der Waals surface area contributed by atoms with Gasteiger partial charge in [0.25, 0.3) is 0 Å². The summed E-state index contributed by atoms with van der Waals surface area (Å²) in [5, 5.41) is 19.2. The average Bonchev–Trinajstić information content (AvgIpc) is 2.63. The van der Waals surface area contributed by atoms with Gasteiger partial charge in [0.1, 0.15) is 11.3 Å². The Labute approximate surface area is 153 Å². The third kappa shape index (κ3) is 3.07. The van der Waals surface area contributed by atoms with E-state index in [-0.39, 0.29) is 39.6 Å². The molecule has 0 spiro atoms. The van der Waals surface area contributed by atoms with Gasteiger partial charge in [0.05, 0.1) is 28.3 Å². The summed E-state index contributed by atoms with van der Waals surface area (Å²) >= 11 is 5.98. The molecular formula is C19H14ClNO5. The van der Waals surface area contributed by atoms with Crippen molar-refractivity contribution in [1.29, 1.82) is 5.41 Å². The maximum atomic E-state index is 12.3. The summed E-state index contributed by atoms with van der Waals surface area (Å²) in [6, 6.07) is 10.6. The van der Waals surface area contributed by atoms with Gasteiger partial charge < -0.3 is 14.3 Å². The summed E-state index contributed by atoms with van der Waals surface area (Å²) in [6.07, 6.45) is 0. The molecule has 0 aliphatic carbocycles. The molecule has 3 aromatic rings. The monoisotopic (exact) mass is 371 g/mol. The van der Waals surface area contributed by atoms with E-state index in [9.17, 15) is 14.7 Å². The predicted molar refractivity (Wildman–Crippen MR) is 97.5 cm³/mol. The second kappa shape index (κ2) is 7.01. The topological polar surface area (TPSA) is 101 Å². The maximum absolute atomic E-state index is 12.3. The van der Waals surface area contributed by atoms with Crippen molar-refractivity contribution < 1.29 is 19.1 Å². The molecule has 0 aliphatic rings. The Morgan fingerprint density at radius 1 is 1.19 bits per heavy atom. The molecule has 0 unspecified atom stereocenters. The van der Waals surface area contributed by atoms with E-state index in [4.69, 9.17) is 26.2 Å². The zero-order chi connectivity index (χ0) is 18.8. The van der Waals surface area contributed by atoms with E-state index in [0.29, 0.717) is 11.1 Å². The van der Waals surface area contributed by atoms with Crippen molar-refractivity contribution >= 4 is 34.3 Å². The summed E-state index contributed by atoms with van der Waals surface area (Å²) in [5.41, 5.74) is -0.655. The zero-order valence-corrected chi connectivity index (χ0v) is 14.5. The van der Waals surface area contributed by atoms with Gasteiger partial charge in [0.2, 0.25) is 0 Å². The predicted octanol–water partition coefficient (Wildman–Crippen LogP) is 3.74. The normalized spacial score (nSPS) is 10.7. The first-order valence-corrected chi connectivity index (χ1v) is 8.12. The van der Waals surface area contributed by atoms with E-state index in [1.807, 2.05) is 0 Å². The Bertz CT molecular complexity index is 1070. The number of carbonyl (C=O) groups is 1. The van der Waals surface area contributed by atoms with Crippen molar-refractivity contribution in [3.63, 3.8) is 0 Å². The van der Waals surface area contributed by atoms with E-state index in [1.54, 1.807) is 19.1 Å². The smallest absolute Gasteiger partial charge is 0.349 e. The van der Waals surface area contributed by atoms with Crippen LogP contribution in [0.15, 0.2) is 51.7 Å². The Kier molecular flexibility index (Phi) is 4.77. The largest absolute Gasteiger partial charge is 0.506 e. The molecule has 0 bridgehead atoms. The highest BCUT2D eigenvalue weighted by molar-refractivity contribution is 6.35. The molecule has 1 aromatic heterocycles. The highest BCUT2D eigenvalue weighted by Crippen LogP contribution is 2.31. The molecule has 2 N–H and O–H groups in total. The van der Waals surface area contributed by atoms with Crippen LogP contribution in [0.25, 0.3) is 11.0 Å². The third-order valence-corrected chi connectivity index (χ3v) is 4.09. The Morgan fingerprint density at radius 2 is 1.85 bits per heavy atom. The first-order valence-electron chi connectivity index (χ1n) is 7.74. The van der Waals surface area contributed by atoms with Gasteiger partial charge in [-0.2, -0.15) is 0 Å². The molecule has 7 heteroatoms. The quantitative estimate of drug-likeness (QED) is 0.413. The highest BCUT2D eigenvalue weighted by Gasteiger charge is 2.20. The molecule has 0 fully saturated rings. The lowest BCUT2D eigenvalue weighted by molar-refractivity contribution is 0.0526. The Hall–Kier alpha value is -3.12. The summed E-state index contributed by atoms with van der Waals surface area (Å²) in [7, 11) is 0. The van der Waals surface area contributed by atoms with Crippen LogP contribution in [0.2, 0.25) is 5.02 Å². The van der Waals surface area contributed by atoms with E-state index < -0.39 is 11.6 Å². The molecule has 0 aliphatic heterocycles. The molecule has 0 saturated heterocycles. The number of rotatable bonds is 4. The van der Waals surface area contributed by atoms with Crippen molar-refractivity contribution in [2.24, 2.45) is 0 Å².